The maximum atomic E-state index is 12.4. The van der Waals surface area contributed by atoms with Crippen LogP contribution in [-0.2, 0) is 0 Å². The number of halogens is 3. The molecule has 0 unspecified atom stereocenters. The van der Waals surface area contributed by atoms with Gasteiger partial charge in [-0.15, -0.1) is 5.46 Å². The molecule has 6 heteroatoms. The zero-order chi connectivity index (χ0) is 12.3. The second-order valence-electron chi connectivity index (χ2n) is 4.61. The molecular weight excluding hydrogens is 267 g/mol. The van der Waals surface area contributed by atoms with Gasteiger partial charge in [0.2, 0.25) is 0 Å². The minimum Gasteiger partial charge on any atom is -0.493 e. The van der Waals surface area contributed by atoms with E-state index < -0.39 is 12.4 Å². The summed E-state index contributed by atoms with van der Waals surface area (Å²) < 4.78 is 42.6. The summed E-state index contributed by atoms with van der Waals surface area (Å²) in [6, 6.07) is 4.98. The standard InChI is InChI=1S/C12H15BF3O.K/c14-13(15,16)11-5-7-12(8-6-11)17-9-10-3-1-2-4-10;/h5-8,10H,1-4,9H2;/q-1;+1. The summed E-state index contributed by atoms with van der Waals surface area (Å²) in [6.07, 6.45) is 4.82. The number of hydrogen-bond donors (Lipinski definition) is 0. The Hall–Kier alpha value is 0.511. The quantitative estimate of drug-likeness (QED) is 0.723. The third kappa shape index (κ3) is 4.89. The van der Waals surface area contributed by atoms with E-state index in [-0.39, 0.29) is 51.4 Å². The molecule has 0 amide bonds. The molecule has 1 aromatic rings. The third-order valence-corrected chi connectivity index (χ3v) is 3.22. The van der Waals surface area contributed by atoms with Crippen LogP contribution in [-0.4, -0.2) is 13.6 Å². The molecule has 1 nitrogen and oxygen atoms in total. The van der Waals surface area contributed by atoms with E-state index in [0.717, 1.165) is 12.1 Å². The average Bonchev–Trinajstić information content (AvgIpc) is 2.78. The van der Waals surface area contributed by atoms with Gasteiger partial charge in [0.15, 0.2) is 0 Å². The normalized spacial score (nSPS) is 16.4. The van der Waals surface area contributed by atoms with E-state index in [9.17, 15) is 12.9 Å². The SMILES string of the molecule is F[B-](F)(F)c1ccc(OCC2CCCC2)cc1.[K+]. The van der Waals surface area contributed by atoms with Gasteiger partial charge in [-0.1, -0.05) is 25.0 Å². The second-order valence-corrected chi connectivity index (χ2v) is 4.61. The van der Waals surface area contributed by atoms with E-state index in [1.165, 1.54) is 37.8 Å². The third-order valence-electron chi connectivity index (χ3n) is 3.22. The van der Waals surface area contributed by atoms with Crippen molar-refractivity contribution in [2.24, 2.45) is 5.92 Å². The van der Waals surface area contributed by atoms with Gasteiger partial charge in [-0.25, -0.2) is 0 Å². The molecule has 18 heavy (non-hydrogen) atoms. The summed E-state index contributed by atoms with van der Waals surface area (Å²) in [7, 11) is 0. The molecule has 0 aliphatic heterocycles. The van der Waals surface area contributed by atoms with Crippen LogP contribution in [0.2, 0.25) is 0 Å². The number of ether oxygens (including phenoxy) is 1. The summed E-state index contributed by atoms with van der Waals surface area (Å²) >= 11 is 0. The Morgan fingerprint density at radius 2 is 1.61 bits per heavy atom. The summed E-state index contributed by atoms with van der Waals surface area (Å²) in [5, 5.41) is 0. The Morgan fingerprint density at radius 3 is 2.11 bits per heavy atom. The molecule has 1 aliphatic rings. The molecule has 0 saturated heterocycles. The van der Waals surface area contributed by atoms with Gasteiger partial charge in [-0.05, 0) is 30.9 Å². The Bertz CT molecular complexity index is 361. The van der Waals surface area contributed by atoms with Crippen LogP contribution >= 0.6 is 0 Å². The molecule has 1 aliphatic carbocycles. The van der Waals surface area contributed by atoms with E-state index in [1.54, 1.807) is 0 Å². The molecule has 0 spiro atoms. The van der Waals surface area contributed by atoms with Gasteiger partial charge in [-0.3, -0.25) is 0 Å². The average molecular weight is 282 g/mol. The van der Waals surface area contributed by atoms with Gasteiger partial charge < -0.3 is 17.7 Å². The predicted octanol–water partition coefficient (Wildman–Crippen LogP) is 0.314. The maximum Gasteiger partial charge on any atom is 1.00 e. The van der Waals surface area contributed by atoms with Crippen LogP contribution in [0.3, 0.4) is 0 Å². The van der Waals surface area contributed by atoms with E-state index in [0.29, 0.717) is 18.3 Å². The molecule has 0 atom stereocenters. The van der Waals surface area contributed by atoms with E-state index in [4.69, 9.17) is 4.74 Å². The molecule has 0 aromatic heterocycles. The molecule has 1 saturated carbocycles. The first-order chi connectivity index (χ1) is 8.05. The zero-order valence-electron chi connectivity index (χ0n) is 10.5. The Morgan fingerprint density at radius 1 is 1.06 bits per heavy atom. The molecular formula is C12H15BF3KO. The minimum absolute atomic E-state index is 0. The number of rotatable bonds is 4. The van der Waals surface area contributed by atoms with Crippen LogP contribution in [0.4, 0.5) is 12.9 Å². The first-order valence-electron chi connectivity index (χ1n) is 5.98. The number of hydrogen-bond acceptors (Lipinski definition) is 1. The van der Waals surface area contributed by atoms with Crippen molar-refractivity contribution in [2.45, 2.75) is 25.7 Å². The van der Waals surface area contributed by atoms with Crippen molar-refractivity contribution in [2.75, 3.05) is 6.61 Å². The van der Waals surface area contributed by atoms with Gasteiger partial charge in [0.05, 0.1) is 6.61 Å². The molecule has 1 aromatic carbocycles. The van der Waals surface area contributed by atoms with E-state index >= 15 is 0 Å². The first-order valence-corrected chi connectivity index (χ1v) is 5.98. The van der Waals surface area contributed by atoms with Crippen molar-refractivity contribution >= 4 is 12.4 Å². The van der Waals surface area contributed by atoms with Crippen molar-refractivity contribution in [3.63, 3.8) is 0 Å². The second kappa shape index (κ2) is 7.34. The van der Waals surface area contributed by atoms with Crippen molar-refractivity contribution in [3.8, 4) is 5.75 Å². The molecule has 2 rings (SSSR count). The molecule has 0 N–H and O–H groups in total. The molecule has 0 heterocycles. The summed E-state index contributed by atoms with van der Waals surface area (Å²) in [6.45, 7) is -4.28. The van der Waals surface area contributed by atoms with E-state index in [2.05, 4.69) is 0 Å². The molecule has 1 fully saturated rings. The fourth-order valence-corrected chi connectivity index (χ4v) is 2.17. The fourth-order valence-electron chi connectivity index (χ4n) is 2.17. The van der Waals surface area contributed by atoms with Crippen LogP contribution in [0.15, 0.2) is 24.3 Å². The molecule has 94 valence electrons. The first kappa shape index (κ1) is 16.6. The zero-order valence-corrected chi connectivity index (χ0v) is 13.7. The van der Waals surface area contributed by atoms with Crippen LogP contribution in [0.1, 0.15) is 25.7 Å². The van der Waals surface area contributed by atoms with Gasteiger partial charge in [-0.2, -0.15) is 0 Å². The largest absolute Gasteiger partial charge is 1.00 e. The van der Waals surface area contributed by atoms with E-state index in [1.807, 2.05) is 0 Å². The van der Waals surface area contributed by atoms with Crippen LogP contribution < -0.4 is 61.6 Å². The van der Waals surface area contributed by atoms with Crippen LogP contribution in [0.5, 0.6) is 5.75 Å². The smallest absolute Gasteiger partial charge is 0.493 e. The Labute approximate surface area is 148 Å². The van der Waals surface area contributed by atoms with Gasteiger partial charge in [0, 0.05) is 0 Å². The maximum absolute atomic E-state index is 12.4. The molecule has 0 bridgehead atoms. The summed E-state index contributed by atoms with van der Waals surface area (Å²) in [5.74, 6) is 1.10. The van der Waals surface area contributed by atoms with Crippen molar-refractivity contribution < 1.29 is 69.1 Å². The number of benzene rings is 1. The van der Waals surface area contributed by atoms with Gasteiger partial charge >= 0.3 is 58.4 Å². The van der Waals surface area contributed by atoms with Crippen molar-refractivity contribution in [3.05, 3.63) is 24.3 Å². The Kier molecular flexibility index (Phi) is 6.75. The monoisotopic (exact) mass is 282 g/mol. The van der Waals surface area contributed by atoms with Gasteiger partial charge in [0.25, 0.3) is 0 Å². The van der Waals surface area contributed by atoms with Gasteiger partial charge in [0.1, 0.15) is 5.75 Å². The minimum atomic E-state index is -4.90. The van der Waals surface area contributed by atoms with Crippen LogP contribution in [0.25, 0.3) is 0 Å². The molecule has 0 radical (unpaired) electrons. The van der Waals surface area contributed by atoms with Crippen LogP contribution in [0, 0.1) is 5.92 Å². The topological polar surface area (TPSA) is 9.23 Å². The summed E-state index contributed by atoms with van der Waals surface area (Å²) in [5.41, 5.74) is -0.571. The Balaban J connectivity index is 0.00000162. The van der Waals surface area contributed by atoms with Crippen molar-refractivity contribution in [1.82, 2.24) is 0 Å². The summed E-state index contributed by atoms with van der Waals surface area (Å²) in [4.78, 5) is 0. The van der Waals surface area contributed by atoms with Crippen molar-refractivity contribution in [1.29, 1.82) is 0 Å². The fraction of sp³-hybridized carbons (Fsp3) is 0.500. The predicted molar refractivity (Wildman–Crippen MR) is 62.6 cm³/mol.